The van der Waals surface area contributed by atoms with Crippen molar-refractivity contribution in [3.05, 3.63) is 41.7 Å². The number of nitrogens with one attached hydrogen (secondary N) is 1. The fraction of sp³-hybridized carbons (Fsp3) is 0.500. The highest BCUT2D eigenvalue weighted by Crippen LogP contribution is 2.28. The van der Waals surface area contributed by atoms with Gasteiger partial charge in [0.1, 0.15) is 0 Å². The molecule has 0 radical (unpaired) electrons. The lowest BCUT2D eigenvalue weighted by Crippen LogP contribution is -2.36. The second-order valence-electron chi connectivity index (χ2n) is 6.39. The summed E-state index contributed by atoms with van der Waals surface area (Å²) in [5.41, 5.74) is 5.24. The van der Waals surface area contributed by atoms with Crippen molar-refractivity contribution >= 4 is 0 Å². The van der Waals surface area contributed by atoms with Crippen molar-refractivity contribution in [1.82, 2.24) is 20.0 Å². The summed E-state index contributed by atoms with van der Waals surface area (Å²) < 4.78 is 1.88. The normalized spacial score (nSPS) is 19.0. The van der Waals surface area contributed by atoms with E-state index in [0.29, 0.717) is 6.04 Å². The summed E-state index contributed by atoms with van der Waals surface area (Å²) in [6.45, 7) is 5.46. The van der Waals surface area contributed by atoms with Crippen LogP contribution in [0.25, 0.3) is 11.1 Å². The van der Waals surface area contributed by atoms with E-state index in [4.69, 9.17) is 0 Å². The summed E-state index contributed by atoms with van der Waals surface area (Å²) in [4.78, 5) is 2.61. The highest BCUT2D eigenvalue weighted by molar-refractivity contribution is 5.66. The van der Waals surface area contributed by atoms with Gasteiger partial charge in [-0.05, 0) is 44.5 Å². The third-order valence-corrected chi connectivity index (χ3v) is 4.59. The molecule has 1 atom stereocenters. The maximum Gasteiger partial charge on any atom is 0.0568 e. The van der Waals surface area contributed by atoms with Gasteiger partial charge in [0, 0.05) is 37.9 Å². The van der Waals surface area contributed by atoms with Gasteiger partial charge < -0.3 is 5.32 Å². The molecule has 0 spiro atoms. The summed E-state index contributed by atoms with van der Waals surface area (Å²) >= 11 is 0. The Labute approximate surface area is 133 Å². The molecule has 0 amide bonds. The molecule has 1 aromatic carbocycles. The monoisotopic (exact) mass is 298 g/mol. The quantitative estimate of drug-likeness (QED) is 0.921. The maximum atomic E-state index is 4.33. The lowest BCUT2D eigenvalue weighted by atomic mass is 9.99. The van der Waals surface area contributed by atoms with Gasteiger partial charge in [0.25, 0.3) is 0 Å². The first-order valence-corrected chi connectivity index (χ1v) is 8.14. The third-order valence-electron chi connectivity index (χ3n) is 4.59. The Morgan fingerprint density at radius 1 is 1.36 bits per heavy atom. The number of benzene rings is 1. The van der Waals surface area contributed by atoms with Crippen molar-refractivity contribution in [2.24, 2.45) is 7.05 Å². The van der Waals surface area contributed by atoms with Crippen LogP contribution in [0.3, 0.4) is 0 Å². The molecule has 1 fully saturated rings. The van der Waals surface area contributed by atoms with Crippen molar-refractivity contribution in [2.75, 3.05) is 20.1 Å². The van der Waals surface area contributed by atoms with Crippen LogP contribution < -0.4 is 5.32 Å². The van der Waals surface area contributed by atoms with Crippen LogP contribution in [0, 0.1) is 6.92 Å². The molecule has 1 aliphatic rings. The van der Waals surface area contributed by atoms with Gasteiger partial charge in [0.2, 0.25) is 0 Å². The topological polar surface area (TPSA) is 33.1 Å². The van der Waals surface area contributed by atoms with Crippen molar-refractivity contribution < 1.29 is 0 Å². The average Bonchev–Trinajstić information content (AvgIpc) is 3.11. The Morgan fingerprint density at radius 3 is 2.95 bits per heavy atom. The molecule has 0 aliphatic carbocycles. The van der Waals surface area contributed by atoms with Crippen LogP contribution in [0.5, 0.6) is 0 Å². The van der Waals surface area contributed by atoms with Gasteiger partial charge in [-0.2, -0.15) is 5.10 Å². The largest absolute Gasteiger partial charge is 0.318 e. The van der Waals surface area contributed by atoms with Gasteiger partial charge in [-0.1, -0.05) is 23.8 Å². The minimum atomic E-state index is 0.660. The number of nitrogens with zero attached hydrogens (tertiary/aromatic N) is 3. The van der Waals surface area contributed by atoms with Crippen LogP contribution in [-0.2, 0) is 13.6 Å². The molecule has 1 aliphatic heterocycles. The molecule has 4 heteroatoms. The molecule has 1 aromatic heterocycles. The lowest BCUT2D eigenvalue weighted by molar-refractivity contribution is 0.242. The zero-order valence-corrected chi connectivity index (χ0v) is 13.8. The highest BCUT2D eigenvalue weighted by atomic mass is 15.2. The fourth-order valence-corrected chi connectivity index (χ4v) is 3.45. The number of aryl methyl sites for hydroxylation is 2. The Morgan fingerprint density at radius 2 is 2.23 bits per heavy atom. The summed E-state index contributed by atoms with van der Waals surface area (Å²) in [5, 5.41) is 7.66. The zero-order chi connectivity index (χ0) is 15.5. The number of rotatable bonds is 5. The van der Waals surface area contributed by atoms with Gasteiger partial charge in [-0.25, -0.2) is 0 Å². The molecule has 1 N–H and O–H groups in total. The van der Waals surface area contributed by atoms with Crippen LogP contribution in [0.1, 0.15) is 24.0 Å². The van der Waals surface area contributed by atoms with Crippen LogP contribution in [-0.4, -0.2) is 40.9 Å². The van der Waals surface area contributed by atoms with E-state index in [1.54, 1.807) is 0 Å². The summed E-state index contributed by atoms with van der Waals surface area (Å²) in [5.74, 6) is 0. The van der Waals surface area contributed by atoms with Gasteiger partial charge in [0.15, 0.2) is 0 Å². The highest BCUT2D eigenvalue weighted by Gasteiger charge is 2.24. The molecule has 4 nitrogen and oxygen atoms in total. The second kappa shape index (κ2) is 6.63. The Kier molecular flexibility index (Phi) is 4.60. The molecule has 1 unspecified atom stereocenters. The molecule has 2 aromatic rings. The smallest absolute Gasteiger partial charge is 0.0568 e. The van der Waals surface area contributed by atoms with E-state index in [9.17, 15) is 0 Å². The van der Waals surface area contributed by atoms with E-state index in [1.165, 1.54) is 41.6 Å². The predicted molar refractivity (Wildman–Crippen MR) is 90.7 cm³/mol. The molecule has 2 heterocycles. The first-order chi connectivity index (χ1) is 10.7. The molecule has 0 bridgehead atoms. The van der Waals surface area contributed by atoms with Gasteiger partial charge in [-0.15, -0.1) is 0 Å². The Bertz CT molecular complexity index is 632. The van der Waals surface area contributed by atoms with Crippen LogP contribution in [0.4, 0.5) is 0 Å². The van der Waals surface area contributed by atoms with E-state index in [-0.39, 0.29) is 0 Å². The number of hydrogen-bond donors (Lipinski definition) is 1. The molecule has 0 saturated carbocycles. The van der Waals surface area contributed by atoms with Crippen molar-refractivity contribution in [3.63, 3.8) is 0 Å². The summed E-state index contributed by atoms with van der Waals surface area (Å²) in [7, 11) is 4.02. The Hall–Kier alpha value is -1.65. The van der Waals surface area contributed by atoms with Gasteiger partial charge >= 0.3 is 0 Å². The maximum absolute atomic E-state index is 4.33. The number of hydrogen-bond acceptors (Lipinski definition) is 3. The standard InChI is InChI=1S/C18H26N4/c1-14-6-7-15(13-22-8-4-5-17(22)11-19-2)18(9-14)16-10-20-21(3)12-16/h6-7,9-10,12,17,19H,4-5,8,11,13H2,1-3H3. The lowest BCUT2D eigenvalue weighted by Gasteiger charge is -2.25. The minimum absolute atomic E-state index is 0.660. The van der Waals surface area contributed by atoms with Gasteiger partial charge in [-0.3, -0.25) is 9.58 Å². The summed E-state index contributed by atoms with van der Waals surface area (Å²) in [6.07, 6.45) is 6.68. The third kappa shape index (κ3) is 3.23. The van der Waals surface area contributed by atoms with E-state index in [2.05, 4.69) is 46.6 Å². The van der Waals surface area contributed by atoms with Crippen molar-refractivity contribution in [1.29, 1.82) is 0 Å². The number of likely N-dealkylation sites (tertiary alicyclic amines) is 1. The molecular formula is C18H26N4. The van der Waals surface area contributed by atoms with E-state index >= 15 is 0 Å². The van der Waals surface area contributed by atoms with Crippen molar-refractivity contribution in [3.8, 4) is 11.1 Å². The van der Waals surface area contributed by atoms with Crippen molar-refractivity contribution in [2.45, 2.75) is 32.4 Å². The molecule has 118 valence electrons. The van der Waals surface area contributed by atoms with E-state index in [1.807, 2.05) is 25.0 Å². The van der Waals surface area contributed by atoms with E-state index in [0.717, 1.165) is 13.1 Å². The SMILES string of the molecule is CNCC1CCCN1Cc1ccc(C)cc1-c1cnn(C)c1. The fourth-order valence-electron chi connectivity index (χ4n) is 3.45. The van der Waals surface area contributed by atoms with Gasteiger partial charge in [0.05, 0.1) is 6.20 Å². The number of aromatic nitrogens is 2. The molecule has 1 saturated heterocycles. The second-order valence-corrected chi connectivity index (χ2v) is 6.39. The minimum Gasteiger partial charge on any atom is -0.318 e. The van der Waals surface area contributed by atoms with Crippen LogP contribution >= 0.6 is 0 Å². The molecule has 3 rings (SSSR count). The van der Waals surface area contributed by atoms with Crippen LogP contribution in [0.15, 0.2) is 30.6 Å². The number of likely N-dealkylation sites (N-methyl/N-ethyl adjacent to an activating group) is 1. The molecular weight excluding hydrogens is 272 g/mol. The zero-order valence-electron chi connectivity index (χ0n) is 13.8. The average molecular weight is 298 g/mol. The molecule has 22 heavy (non-hydrogen) atoms. The Balaban J connectivity index is 1.87. The van der Waals surface area contributed by atoms with E-state index < -0.39 is 0 Å². The summed E-state index contributed by atoms with van der Waals surface area (Å²) in [6, 6.07) is 7.45. The first-order valence-electron chi connectivity index (χ1n) is 8.14. The van der Waals surface area contributed by atoms with Crippen LogP contribution in [0.2, 0.25) is 0 Å². The predicted octanol–water partition coefficient (Wildman–Crippen LogP) is 2.58. The first kappa shape index (κ1) is 15.3.